The zero-order valence-electron chi connectivity index (χ0n) is 20.2. The second-order valence-corrected chi connectivity index (χ2v) is 10.4. The monoisotopic (exact) mass is 538 g/mol. The fourth-order valence-corrected chi connectivity index (χ4v) is 5.44. The number of anilines is 2. The van der Waals surface area contributed by atoms with Crippen LogP contribution in [-0.4, -0.2) is 28.0 Å². The number of hydrogen-bond donors (Lipinski definition) is 2. The van der Waals surface area contributed by atoms with E-state index in [9.17, 15) is 22.4 Å². The van der Waals surface area contributed by atoms with Crippen LogP contribution in [-0.2, 0) is 27.7 Å². The van der Waals surface area contributed by atoms with Crippen molar-refractivity contribution >= 4 is 38.3 Å². The molecule has 2 N–H and O–H groups in total. The van der Waals surface area contributed by atoms with E-state index in [-0.39, 0.29) is 34.3 Å². The smallest absolute Gasteiger partial charge is 0.339 e. The van der Waals surface area contributed by atoms with Crippen molar-refractivity contribution in [1.29, 1.82) is 0 Å². The quantitative estimate of drug-likeness (QED) is 0.322. The molecule has 5 rings (SSSR count). The lowest BCUT2D eigenvalue weighted by Gasteiger charge is -2.14. The number of halogens is 1. The van der Waals surface area contributed by atoms with Gasteiger partial charge in [-0.05, 0) is 79.4 Å². The predicted molar refractivity (Wildman–Crippen MR) is 139 cm³/mol. The minimum Gasteiger partial charge on any atom is -0.495 e. The van der Waals surface area contributed by atoms with Gasteiger partial charge in [0, 0.05) is 22.7 Å². The number of carbonyl (C=O) groups is 1. The first-order chi connectivity index (χ1) is 18.2. The first-order valence-corrected chi connectivity index (χ1v) is 13.2. The molecule has 0 bridgehead atoms. The van der Waals surface area contributed by atoms with Gasteiger partial charge in [0.1, 0.15) is 22.9 Å². The van der Waals surface area contributed by atoms with Gasteiger partial charge in [-0.15, -0.1) is 0 Å². The van der Waals surface area contributed by atoms with Crippen molar-refractivity contribution in [2.45, 2.75) is 24.2 Å². The number of aryl methyl sites for hydroxylation is 1. The number of methoxy groups -OCH3 is 1. The Bertz CT molecular complexity index is 1700. The number of amides is 1. The maximum atomic E-state index is 13.2. The van der Waals surface area contributed by atoms with Crippen LogP contribution in [0.15, 0.2) is 74.8 Å². The zero-order chi connectivity index (χ0) is 26.9. The van der Waals surface area contributed by atoms with Gasteiger partial charge in [0.15, 0.2) is 6.61 Å². The van der Waals surface area contributed by atoms with Crippen molar-refractivity contribution in [3.8, 4) is 11.5 Å². The highest BCUT2D eigenvalue weighted by atomic mass is 32.2. The van der Waals surface area contributed by atoms with Crippen molar-refractivity contribution in [3.05, 3.63) is 88.0 Å². The lowest BCUT2D eigenvalue weighted by atomic mass is 10.1. The molecule has 3 aromatic carbocycles. The minimum atomic E-state index is -4.04. The first-order valence-electron chi connectivity index (χ1n) is 11.7. The second-order valence-electron chi connectivity index (χ2n) is 8.67. The molecule has 196 valence electrons. The Morgan fingerprint density at radius 2 is 1.79 bits per heavy atom. The predicted octanol–water partition coefficient (Wildman–Crippen LogP) is 4.25. The molecule has 1 amide bonds. The molecular formula is C27H23FN2O7S. The topological polar surface area (TPSA) is 124 Å². The number of hydrogen-bond acceptors (Lipinski definition) is 7. The number of rotatable bonds is 8. The summed E-state index contributed by atoms with van der Waals surface area (Å²) >= 11 is 0. The van der Waals surface area contributed by atoms with Gasteiger partial charge in [0.25, 0.3) is 15.9 Å². The molecule has 0 saturated carbocycles. The highest BCUT2D eigenvalue weighted by molar-refractivity contribution is 7.92. The molecule has 0 aliphatic heterocycles. The standard InChI is InChI=1S/C27H23FN2O7S/c1-35-24-12-7-17(13-23(24)30-38(33,34)19-9-5-16(28)6-10-19)29-26(31)15-36-18-8-11-21-20-3-2-4-22(20)27(32)37-25(21)14-18/h5-14,30H,2-4,15H2,1H3,(H,29,31). The Kier molecular flexibility index (Phi) is 6.77. The Morgan fingerprint density at radius 3 is 2.55 bits per heavy atom. The van der Waals surface area contributed by atoms with Gasteiger partial charge in [-0.25, -0.2) is 17.6 Å². The van der Waals surface area contributed by atoms with Crippen molar-refractivity contribution < 1.29 is 31.5 Å². The van der Waals surface area contributed by atoms with E-state index < -0.39 is 21.7 Å². The van der Waals surface area contributed by atoms with Crippen LogP contribution in [0.1, 0.15) is 17.5 Å². The average molecular weight is 539 g/mol. The summed E-state index contributed by atoms with van der Waals surface area (Å²) in [5.41, 5.74) is 2.16. The lowest BCUT2D eigenvalue weighted by molar-refractivity contribution is -0.118. The molecule has 0 fully saturated rings. The summed E-state index contributed by atoms with van der Waals surface area (Å²) in [4.78, 5) is 24.6. The summed E-state index contributed by atoms with van der Waals surface area (Å²) < 4.78 is 57.3. The molecule has 11 heteroatoms. The van der Waals surface area contributed by atoms with Crippen LogP contribution in [0.5, 0.6) is 11.5 Å². The van der Waals surface area contributed by atoms with Crippen molar-refractivity contribution in [3.63, 3.8) is 0 Å². The van der Waals surface area contributed by atoms with Gasteiger partial charge in [0.05, 0.1) is 17.7 Å². The van der Waals surface area contributed by atoms with E-state index in [1.54, 1.807) is 12.1 Å². The van der Waals surface area contributed by atoms with Gasteiger partial charge in [-0.2, -0.15) is 0 Å². The second kappa shape index (κ2) is 10.2. The molecule has 0 unspecified atom stereocenters. The SMILES string of the molecule is COc1ccc(NC(=O)COc2ccc3c4c(c(=O)oc3c2)CCC4)cc1NS(=O)(=O)c1ccc(F)cc1. The molecule has 1 heterocycles. The summed E-state index contributed by atoms with van der Waals surface area (Å²) in [5.74, 6) is -0.492. The summed E-state index contributed by atoms with van der Waals surface area (Å²) in [6, 6.07) is 13.9. The number of fused-ring (bicyclic) bond motifs is 3. The number of nitrogens with one attached hydrogen (secondary N) is 2. The van der Waals surface area contributed by atoms with Gasteiger partial charge >= 0.3 is 5.63 Å². The normalized spacial score (nSPS) is 12.7. The fourth-order valence-electron chi connectivity index (χ4n) is 4.38. The maximum Gasteiger partial charge on any atom is 0.339 e. The summed E-state index contributed by atoms with van der Waals surface area (Å²) in [6.07, 6.45) is 2.45. The number of carbonyl (C=O) groups excluding carboxylic acids is 1. The average Bonchev–Trinajstić information content (AvgIpc) is 3.39. The molecule has 0 spiro atoms. The molecule has 38 heavy (non-hydrogen) atoms. The van der Waals surface area contributed by atoms with Crippen LogP contribution in [0.2, 0.25) is 0 Å². The Balaban J connectivity index is 1.28. The van der Waals surface area contributed by atoms with E-state index in [2.05, 4.69) is 10.0 Å². The Morgan fingerprint density at radius 1 is 1.03 bits per heavy atom. The van der Waals surface area contributed by atoms with Crippen LogP contribution in [0.4, 0.5) is 15.8 Å². The van der Waals surface area contributed by atoms with E-state index in [0.29, 0.717) is 17.8 Å². The van der Waals surface area contributed by atoms with E-state index in [4.69, 9.17) is 13.9 Å². The third kappa shape index (κ3) is 5.18. The van der Waals surface area contributed by atoms with Crippen molar-refractivity contribution in [1.82, 2.24) is 0 Å². The third-order valence-electron chi connectivity index (χ3n) is 6.17. The summed E-state index contributed by atoms with van der Waals surface area (Å²) in [7, 11) is -2.67. The van der Waals surface area contributed by atoms with Gasteiger partial charge in [-0.1, -0.05) is 0 Å². The molecule has 1 aliphatic carbocycles. The van der Waals surface area contributed by atoms with Crippen molar-refractivity contribution in [2.75, 3.05) is 23.8 Å². The lowest BCUT2D eigenvalue weighted by Crippen LogP contribution is -2.20. The van der Waals surface area contributed by atoms with E-state index in [0.717, 1.165) is 53.6 Å². The van der Waals surface area contributed by atoms with Crippen LogP contribution < -0.4 is 25.1 Å². The van der Waals surface area contributed by atoms with E-state index in [1.165, 1.54) is 25.3 Å². The van der Waals surface area contributed by atoms with Crippen LogP contribution in [0.25, 0.3) is 11.0 Å². The van der Waals surface area contributed by atoms with Crippen LogP contribution in [0, 0.1) is 5.82 Å². The first kappa shape index (κ1) is 25.3. The molecule has 9 nitrogen and oxygen atoms in total. The highest BCUT2D eigenvalue weighted by Gasteiger charge is 2.20. The summed E-state index contributed by atoms with van der Waals surface area (Å²) in [6.45, 7) is -0.344. The molecule has 1 aliphatic rings. The van der Waals surface area contributed by atoms with Crippen LogP contribution in [0.3, 0.4) is 0 Å². The number of benzene rings is 3. The molecule has 0 radical (unpaired) electrons. The van der Waals surface area contributed by atoms with Crippen LogP contribution >= 0.6 is 0 Å². The van der Waals surface area contributed by atoms with Gasteiger partial charge in [-0.3, -0.25) is 9.52 Å². The van der Waals surface area contributed by atoms with E-state index >= 15 is 0 Å². The summed E-state index contributed by atoms with van der Waals surface area (Å²) in [5, 5.41) is 3.50. The Labute approximate surface area is 217 Å². The number of sulfonamides is 1. The molecule has 0 atom stereocenters. The zero-order valence-corrected chi connectivity index (χ0v) is 21.1. The molecule has 1 aromatic heterocycles. The molecular weight excluding hydrogens is 515 g/mol. The third-order valence-corrected chi connectivity index (χ3v) is 7.55. The van der Waals surface area contributed by atoms with Gasteiger partial charge < -0.3 is 19.2 Å². The molecule has 4 aromatic rings. The van der Waals surface area contributed by atoms with Crippen molar-refractivity contribution in [2.24, 2.45) is 0 Å². The maximum absolute atomic E-state index is 13.2. The van der Waals surface area contributed by atoms with E-state index in [1.807, 2.05) is 6.07 Å². The number of ether oxygens (including phenoxy) is 2. The molecule has 0 saturated heterocycles. The minimum absolute atomic E-state index is 0.0765. The Hall–Kier alpha value is -4.38. The fraction of sp³-hybridized carbons (Fsp3) is 0.185. The largest absolute Gasteiger partial charge is 0.495 e. The van der Waals surface area contributed by atoms with Gasteiger partial charge in [0.2, 0.25) is 0 Å². The highest BCUT2D eigenvalue weighted by Crippen LogP contribution is 2.31.